The molecule has 0 aliphatic heterocycles. The molecule has 8 heteroatoms. The van der Waals surface area contributed by atoms with Gasteiger partial charge >= 0.3 is 0 Å². The minimum absolute atomic E-state index is 0. The summed E-state index contributed by atoms with van der Waals surface area (Å²) in [5, 5.41) is 0. The molecule has 2 radical (unpaired) electrons. The van der Waals surface area contributed by atoms with E-state index in [0.29, 0.717) is 0 Å². The molecular weight excluding hydrogens is 670 g/mol. The molecule has 24 heavy (non-hydrogen) atoms. The van der Waals surface area contributed by atoms with Crippen LogP contribution in [0.15, 0.2) is 0 Å². The van der Waals surface area contributed by atoms with Crippen molar-refractivity contribution >= 4 is 0 Å². The van der Waals surface area contributed by atoms with E-state index in [1.165, 1.54) is 0 Å². The Hall–Kier alpha value is 1.24. The molecule has 0 aromatic heterocycles. The van der Waals surface area contributed by atoms with E-state index in [2.05, 4.69) is 32.8 Å². The van der Waals surface area contributed by atoms with Crippen LogP contribution in [0.3, 0.4) is 0 Å². The van der Waals surface area contributed by atoms with Crippen LogP contribution in [0.4, 0.5) is 0 Å². The summed E-state index contributed by atoms with van der Waals surface area (Å²) in [6.45, 7) is 24.3. The number of hydrogen-bond donors (Lipinski definition) is 2. The predicted octanol–water partition coefficient (Wildman–Crippen LogP) is 5.50. The predicted molar refractivity (Wildman–Crippen MR) is 98.7 cm³/mol. The van der Waals surface area contributed by atoms with Crippen molar-refractivity contribution in [1.29, 1.82) is 0 Å². The summed E-state index contributed by atoms with van der Waals surface area (Å²) in [4.78, 5) is 0. The Morgan fingerprint density at radius 2 is 0.500 bits per heavy atom. The van der Waals surface area contributed by atoms with Gasteiger partial charge in [0.2, 0.25) is 0 Å². The number of nitrogens with one attached hydrogen (secondary N) is 2. The fourth-order valence-electron chi connectivity index (χ4n) is 0.650. The van der Waals surface area contributed by atoms with Crippen LogP contribution >= 0.6 is 0 Å². The summed E-state index contributed by atoms with van der Waals surface area (Å²) in [6, 6.07) is 0. The Balaban J connectivity index is -0.000000154. The molecule has 6 nitrogen and oxygen atoms in total. The number of hydrogen-bond acceptors (Lipinski definition) is 2. The number of nitrogens with zero attached hydrogens (tertiary/aromatic N) is 4. The second-order valence-corrected chi connectivity index (χ2v) is 9.33. The van der Waals surface area contributed by atoms with Gasteiger partial charge in [0.15, 0.2) is 0 Å². The SMILES string of the molecule is CC(C)(C)[N-]N[N-]C(C)(C)C.CC(C)(C)[N-]N[N-]C(C)(C)C.[Au].[Au]. The molecule has 0 heterocycles. The van der Waals surface area contributed by atoms with Crippen LogP contribution < -0.4 is 11.1 Å². The summed E-state index contributed by atoms with van der Waals surface area (Å²) < 4.78 is 0. The maximum atomic E-state index is 4.13. The van der Waals surface area contributed by atoms with Crippen molar-refractivity contribution in [2.24, 2.45) is 0 Å². The molecule has 0 aliphatic rings. The van der Waals surface area contributed by atoms with Crippen LogP contribution in [-0.4, -0.2) is 22.2 Å². The molecule has 0 unspecified atom stereocenters. The van der Waals surface area contributed by atoms with Gasteiger partial charge in [-0.05, 0) is 0 Å². The molecule has 0 atom stereocenters. The van der Waals surface area contributed by atoms with E-state index in [-0.39, 0.29) is 66.9 Å². The summed E-state index contributed by atoms with van der Waals surface area (Å²) in [6.07, 6.45) is 0. The molecule has 0 rings (SSSR count). The first-order valence-corrected chi connectivity index (χ1v) is 7.79. The van der Waals surface area contributed by atoms with E-state index in [1.54, 1.807) is 0 Å². The second-order valence-electron chi connectivity index (χ2n) is 9.33. The smallest absolute Gasteiger partial charge is 0 e. The van der Waals surface area contributed by atoms with Crippen molar-refractivity contribution in [3.05, 3.63) is 21.7 Å². The van der Waals surface area contributed by atoms with Crippen molar-refractivity contribution < 1.29 is 44.8 Å². The average Bonchev–Trinajstić information content (AvgIpc) is 2.08. The third-order valence-corrected chi connectivity index (χ3v) is 1.54. The molecule has 0 fully saturated rings. The Morgan fingerprint density at radius 1 is 0.375 bits per heavy atom. The largest absolute Gasteiger partial charge is 0.612 e. The fourth-order valence-corrected chi connectivity index (χ4v) is 0.650. The molecule has 0 amide bonds. The molecule has 0 saturated carbocycles. The van der Waals surface area contributed by atoms with Crippen molar-refractivity contribution in [1.82, 2.24) is 11.1 Å². The third kappa shape index (κ3) is 38.7. The van der Waals surface area contributed by atoms with E-state index in [1.807, 2.05) is 83.1 Å². The van der Waals surface area contributed by atoms with E-state index in [4.69, 9.17) is 0 Å². The molecule has 158 valence electrons. The first-order chi connectivity index (χ1) is 9.41. The van der Waals surface area contributed by atoms with Gasteiger partial charge in [-0.15, -0.1) is 22.2 Å². The zero-order chi connectivity index (χ0) is 18.2. The molecule has 0 aromatic rings. The summed E-state index contributed by atoms with van der Waals surface area (Å²) in [7, 11) is 0. The monoisotopic (exact) mass is 708 g/mol. The van der Waals surface area contributed by atoms with Gasteiger partial charge < -0.3 is 32.8 Å². The molecule has 0 bridgehead atoms. The zero-order valence-electron chi connectivity index (χ0n) is 17.4. The van der Waals surface area contributed by atoms with E-state index in [9.17, 15) is 0 Å². The Morgan fingerprint density at radius 3 is 0.583 bits per heavy atom. The van der Waals surface area contributed by atoms with Crippen LogP contribution in [0.1, 0.15) is 83.1 Å². The first-order valence-electron chi connectivity index (χ1n) is 7.79. The van der Waals surface area contributed by atoms with Gasteiger partial charge in [0, 0.05) is 44.8 Å². The van der Waals surface area contributed by atoms with E-state index in [0.717, 1.165) is 0 Å². The van der Waals surface area contributed by atoms with E-state index >= 15 is 0 Å². The van der Waals surface area contributed by atoms with E-state index < -0.39 is 0 Å². The average molecular weight is 708 g/mol. The quantitative estimate of drug-likeness (QED) is 0.299. The second kappa shape index (κ2) is 13.4. The molecule has 0 aromatic carbocycles. The van der Waals surface area contributed by atoms with Gasteiger partial charge in [-0.1, -0.05) is 83.1 Å². The standard InChI is InChI=1S/2C8H19N3.2Au/c2*1-7(2,3)9-11-10-8(4,5)6;;/h2*11H,1-6H3;;/q2*-2;;. The first kappa shape index (κ1) is 32.9. The van der Waals surface area contributed by atoms with Gasteiger partial charge in [0.1, 0.15) is 0 Å². The van der Waals surface area contributed by atoms with Crippen LogP contribution in [0.25, 0.3) is 21.7 Å². The Labute approximate surface area is 182 Å². The molecule has 0 spiro atoms. The maximum absolute atomic E-state index is 4.13. The van der Waals surface area contributed by atoms with Crippen molar-refractivity contribution in [2.45, 2.75) is 105 Å². The summed E-state index contributed by atoms with van der Waals surface area (Å²) >= 11 is 0. The van der Waals surface area contributed by atoms with Crippen LogP contribution in [0, 0.1) is 0 Å². The van der Waals surface area contributed by atoms with Crippen LogP contribution in [-0.2, 0) is 44.8 Å². The van der Waals surface area contributed by atoms with Crippen LogP contribution in [0.5, 0.6) is 0 Å². The Kier molecular flexibility index (Phi) is 18.4. The van der Waals surface area contributed by atoms with Crippen molar-refractivity contribution in [3.63, 3.8) is 0 Å². The zero-order valence-corrected chi connectivity index (χ0v) is 21.7. The van der Waals surface area contributed by atoms with Gasteiger partial charge in [-0.3, -0.25) is 0 Å². The van der Waals surface area contributed by atoms with Crippen LogP contribution in [0.2, 0.25) is 0 Å². The van der Waals surface area contributed by atoms with Gasteiger partial charge in [0.25, 0.3) is 0 Å². The molecule has 0 aliphatic carbocycles. The fraction of sp³-hybridized carbons (Fsp3) is 1.00. The van der Waals surface area contributed by atoms with Crippen molar-refractivity contribution in [3.8, 4) is 0 Å². The van der Waals surface area contributed by atoms with Gasteiger partial charge in [-0.2, -0.15) is 0 Å². The third-order valence-electron chi connectivity index (χ3n) is 1.54. The summed E-state index contributed by atoms with van der Waals surface area (Å²) in [5.74, 6) is 0. The molecule has 2 N–H and O–H groups in total. The molecular formula is C16H38Au2N6-4. The van der Waals surface area contributed by atoms with Gasteiger partial charge in [0.05, 0.1) is 0 Å². The maximum Gasteiger partial charge on any atom is 0 e. The van der Waals surface area contributed by atoms with Gasteiger partial charge in [-0.25, -0.2) is 0 Å². The topological polar surface area (TPSA) is 80.5 Å². The molecule has 0 saturated heterocycles. The summed E-state index contributed by atoms with van der Waals surface area (Å²) in [5.41, 5.74) is 21.7. The minimum Gasteiger partial charge on any atom is -0.612 e. The number of rotatable bonds is 4. The van der Waals surface area contributed by atoms with Crippen molar-refractivity contribution in [2.75, 3.05) is 0 Å². The normalized spacial score (nSPS) is 12.5. The Bertz CT molecular complexity index is 227. The minimum atomic E-state index is -0.0608.